The van der Waals surface area contributed by atoms with Crippen LogP contribution in [0.4, 0.5) is 0 Å². The van der Waals surface area contributed by atoms with Crippen molar-refractivity contribution < 1.29 is 24.9 Å². The lowest BCUT2D eigenvalue weighted by Crippen LogP contribution is -2.29. The first kappa shape index (κ1) is 15.6. The van der Waals surface area contributed by atoms with Gasteiger partial charge in [0, 0.05) is 12.0 Å². The molecule has 0 radical (unpaired) electrons. The number of benzene rings is 1. The maximum atomic E-state index is 12.1. The van der Waals surface area contributed by atoms with Gasteiger partial charge in [-0.2, -0.15) is 0 Å². The van der Waals surface area contributed by atoms with E-state index in [-0.39, 0.29) is 23.2 Å². The Kier molecular flexibility index (Phi) is 4.42. The topological polar surface area (TPSA) is 87.0 Å². The number of cyclic esters (lactones) is 1. The fourth-order valence-corrected chi connectivity index (χ4v) is 2.75. The van der Waals surface area contributed by atoms with Crippen molar-refractivity contribution >= 4 is 5.97 Å². The third-order valence-corrected chi connectivity index (χ3v) is 4.26. The molecule has 1 aromatic rings. The van der Waals surface area contributed by atoms with Crippen LogP contribution in [0.25, 0.3) is 0 Å². The van der Waals surface area contributed by atoms with Crippen molar-refractivity contribution in [1.29, 1.82) is 0 Å². The first-order chi connectivity index (χ1) is 9.86. The molecular formula is C16H22O5. The summed E-state index contributed by atoms with van der Waals surface area (Å²) in [6.07, 6.45) is 1.51. The number of aliphatic hydroxyl groups excluding tert-OH is 1. The Labute approximate surface area is 124 Å². The summed E-state index contributed by atoms with van der Waals surface area (Å²) < 4.78 is 5.35. The van der Waals surface area contributed by atoms with Gasteiger partial charge in [0.25, 0.3) is 0 Å². The number of carbonyl (C=O) groups excluding carboxylic acids is 1. The van der Waals surface area contributed by atoms with Gasteiger partial charge in [-0.05, 0) is 44.2 Å². The largest absolute Gasteiger partial charge is 0.507 e. The molecule has 3 N–H and O–H groups in total. The number of rotatable bonds is 4. The molecule has 0 amide bonds. The van der Waals surface area contributed by atoms with E-state index >= 15 is 0 Å². The van der Waals surface area contributed by atoms with Gasteiger partial charge in [0.2, 0.25) is 0 Å². The molecule has 0 spiro atoms. The van der Waals surface area contributed by atoms with Crippen LogP contribution in [-0.4, -0.2) is 33.5 Å². The molecule has 0 aliphatic carbocycles. The second-order valence-corrected chi connectivity index (χ2v) is 5.67. The summed E-state index contributed by atoms with van der Waals surface area (Å²) in [5, 5.41) is 29.7. The predicted octanol–water partition coefficient (Wildman–Crippen LogP) is 2.35. The number of hydrogen-bond donors (Lipinski definition) is 3. The Morgan fingerprint density at radius 3 is 2.52 bits per heavy atom. The van der Waals surface area contributed by atoms with Crippen LogP contribution in [0, 0.1) is 13.8 Å². The van der Waals surface area contributed by atoms with Gasteiger partial charge in [-0.25, -0.2) is 4.79 Å². The van der Waals surface area contributed by atoms with Crippen LogP contribution in [0.3, 0.4) is 0 Å². The Hall–Kier alpha value is -1.75. The number of aromatic hydroxyl groups is 2. The summed E-state index contributed by atoms with van der Waals surface area (Å²) in [4.78, 5) is 12.1. The van der Waals surface area contributed by atoms with Crippen molar-refractivity contribution in [2.24, 2.45) is 0 Å². The summed E-state index contributed by atoms with van der Waals surface area (Å²) in [5.74, 6) is -0.741. The van der Waals surface area contributed by atoms with Gasteiger partial charge in [0.1, 0.15) is 23.2 Å². The van der Waals surface area contributed by atoms with Crippen molar-refractivity contribution in [2.75, 3.05) is 0 Å². The highest BCUT2D eigenvalue weighted by atomic mass is 16.5. The molecule has 0 bridgehead atoms. The molecule has 21 heavy (non-hydrogen) atoms. The maximum absolute atomic E-state index is 12.1. The molecule has 0 fully saturated rings. The quantitative estimate of drug-likeness (QED) is 0.742. The molecule has 2 rings (SSSR count). The first-order valence-corrected chi connectivity index (χ1v) is 7.29. The minimum Gasteiger partial charge on any atom is -0.507 e. The Morgan fingerprint density at radius 1 is 1.24 bits per heavy atom. The van der Waals surface area contributed by atoms with Gasteiger partial charge < -0.3 is 20.1 Å². The lowest BCUT2D eigenvalue weighted by atomic mass is 9.89. The minimum absolute atomic E-state index is 0.0216. The molecule has 1 unspecified atom stereocenters. The van der Waals surface area contributed by atoms with Gasteiger partial charge in [0.05, 0.1) is 6.10 Å². The second-order valence-electron chi connectivity index (χ2n) is 5.67. The first-order valence-electron chi connectivity index (χ1n) is 7.29. The molecule has 116 valence electrons. The van der Waals surface area contributed by atoms with Crippen LogP contribution in [0.2, 0.25) is 0 Å². The van der Waals surface area contributed by atoms with Crippen molar-refractivity contribution in [1.82, 2.24) is 0 Å². The third-order valence-electron chi connectivity index (χ3n) is 4.26. The van der Waals surface area contributed by atoms with E-state index in [2.05, 4.69) is 0 Å². The average Bonchev–Trinajstić information content (AvgIpc) is 2.47. The summed E-state index contributed by atoms with van der Waals surface area (Å²) in [5.41, 5.74) is 1.71. The van der Waals surface area contributed by atoms with Crippen molar-refractivity contribution in [3.63, 3.8) is 0 Å². The smallest absolute Gasteiger partial charge is 0.342 e. The Morgan fingerprint density at radius 2 is 1.90 bits per heavy atom. The Bertz CT molecular complexity index is 565. The van der Waals surface area contributed by atoms with Crippen molar-refractivity contribution in [3.8, 4) is 11.5 Å². The number of fused-ring (bicyclic) bond motifs is 1. The molecule has 1 heterocycles. The molecule has 1 aromatic carbocycles. The van der Waals surface area contributed by atoms with Crippen LogP contribution in [0.5, 0.6) is 11.5 Å². The van der Waals surface area contributed by atoms with Gasteiger partial charge in [-0.3, -0.25) is 0 Å². The van der Waals surface area contributed by atoms with Crippen molar-refractivity contribution in [2.45, 2.75) is 58.7 Å². The predicted molar refractivity (Wildman–Crippen MR) is 77.7 cm³/mol. The summed E-state index contributed by atoms with van der Waals surface area (Å²) in [6.45, 7) is 5.20. The Balaban J connectivity index is 2.30. The fraction of sp³-hybridized carbons (Fsp3) is 0.562. The third kappa shape index (κ3) is 2.83. The molecular weight excluding hydrogens is 272 g/mol. The van der Waals surface area contributed by atoms with Gasteiger partial charge >= 0.3 is 5.97 Å². The monoisotopic (exact) mass is 294 g/mol. The summed E-state index contributed by atoms with van der Waals surface area (Å²) >= 11 is 0. The average molecular weight is 294 g/mol. The number of ether oxygens (including phenoxy) is 1. The normalized spacial score (nSPS) is 19.0. The van der Waals surface area contributed by atoms with E-state index in [9.17, 15) is 20.1 Å². The number of phenols is 2. The second kappa shape index (κ2) is 5.93. The SMILES string of the molecule is CCC(O)CC[C@H]1Cc2c(C)c(O)c(C)c(O)c2C(=O)O1. The van der Waals surface area contributed by atoms with E-state index in [0.717, 1.165) is 0 Å². The molecule has 2 atom stereocenters. The highest BCUT2D eigenvalue weighted by molar-refractivity contribution is 5.96. The lowest BCUT2D eigenvalue weighted by Gasteiger charge is -2.28. The zero-order chi connectivity index (χ0) is 15.7. The zero-order valence-electron chi connectivity index (χ0n) is 12.6. The molecule has 5 heteroatoms. The van der Waals surface area contributed by atoms with Gasteiger partial charge in [-0.15, -0.1) is 0 Å². The highest BCUT2D eigenvalue weighted by Crippen LogP contribution is 2.40. The molecule has 0 saturated heterocycles. The van der Waals surface area contributed by atoms with E-state index < -0.39 is 12.1 Å². The maximum Gasteiger partial charge on any atom is 0.342 e. The van der Waals surface area contributed by atoms with E-state index in [4.69, 9.17) is 4.74 Å². The molecule has 0 saturated carbocycles. The number of esters is 1. The van der Waals surface area contributed by atoms with Crippen LogP contribution in [0.15, 0.2) is 0 Å². The minimum atomic E-state index is -0.559. The van der Waals surface area contributed by atoms with Crippen LogP contribution in [-0.2, 0) is 11.2 Å². The number of aliphatic hydroxyl groups is 1. The summed E-state index contributed by atoms with van der Waals surface area (Å²) in [6, 6.07) is 0. The van der Waals surface area contributed by atoms with Crippen molar-refractivity contribution in [3.05, 3.63) is 22.3 Å². The molecule has 1 aliphatic rings. The molecule has 5 nitrogen and oxygen atoms in total. The van der Waals surface area contributed by atoms with E-state index in [1.165, 1.54) is 0 Å². The van der Waals surface area contributed by atoms with Crippen LogP contribution >= 0.6 is 0 Å². The highest BCUT2D eigenvalue weighted by Gasteiger charge is 2.33. The number of phenolic OH excluding ortho intramolecular Hbond substituents is 2. The van der Waals surface area contributed by atoms with Crippen LogP contribution < -0.4 is 0 Å². The molecule has 1 aliphatic heterocycles. The van der Waals surface area contributed by atoms with E-state index in [1.54, 1.807) is 13.8 Å². The number of hydrogen-bond acceptors (Lipinski definition) is 5. The van der Waals surface area contributed by atoms with E-state index in [1.807, 2.05) is 6.92 Å². The standard InChI is InChI=1S/C16H22O5/c1-4-10(17)5-6-11-7-12-8(2)14(18)9(3)15(19)13(12)16(20)21-11/h10-11,17-19H,4-7H2,1-3H3/t10?,11-/m0/s1. The lowest BCUT2D eigenvalue weighted by molar-refractivity contribution is 0.0187. The zero-order valence-corrected chi connectivity index (χ0v) is 12.6. The van der Waals surface area contributed by atoms with Crippen LogP contribution in [0.1, 0.15) is 53.2 Å². The number of carbonyl (C=O) groups is 1. The van der Waals surface area contributed by atoms with Gasteiger partial charge in [0.15, 0.2) is 0 Å². The summed E-state index contributed by atoms with van der Waals surface area (Å²) in [7, 11) is 0. The van der Waals surface area contributed by atoms with E-state index in [0.29, 0.717) is 42.4 Å². The molecule has 0 aromatic heterocycles. The van der Waals surface area contributed by atoms with Gasteiger partial charge in [-0.1, -0.05) is 6.92 Å². The fourth-order valence-electron chi connectivity index (χ4n) is 2.75.